The van der Waals surface area contributed by atoms with E-state index in [1.807, 2.05) is 6.92 Å². The van der Waals surface area contributed by atoms with Crippen LogP contribution in [0, 0.1) is 5.92 Å². The zero-order valence-electron chi connectivity index (χ0n) is 9.25. The van der Waals surface area contributed by atoms with Crippen molar-refractivity contribution in [3.8, 4) is 0 Å². The van der Waals surface area contributed by atoms with Gasteiger partial charge in [-0.15, -0.1) is 0 Å². The lowest BCUT2D eigenvalue weighted by molar-refractivity contribution is -0.127. The largest absolute Gasteiger partial charge is 0.391 e. The Morgan fingerprint density at radius 3 is 2.93 bits per heavy atom. The second-order valence-corrected chi connectivity index (χ2v) is 4.98. The molecule has 0 aromatic carbocycles. The van der Waals surface area contributed by atoms with E-state index < -0.39 is 5.54 Å². The summed E-state index contributed by atoms with van der Waals surface area (Å²) in [6.45, 7) is 3.24. The summed E-state index contributed by atoms with van der Waals surface area (Å²) < 4.78 is 0. The molecule has 1 heterocycles. The molecule has 2 fully saturated rings. The summed E-state index contributed by atoms with van der Waals surface area (Å²) in [5, 5.41) is 15.7. The molecular weight excluding hydrogens is 192 g/mol. The van der Waals surface area contributed by atoms with Crippen molar-refractivity contribution in [2.45, 2.75) is 44.2 Å². The van der Waals surface area contributed by atoms with E-state index in [1.165, 1.54) is 0 Å². The van der Waals surface area contributed by atoms with Crippen LogP contribution in [0.25, 0.3) is 0 Å². The fourth-order valence-corrected chi connectivity index (χ4v) is 2.13. The number of amides is 1. The van der Waals surface area contributed by atoms with Crippen LogP contribution in [-0.4, -0.2) is 35.7 Å². The molecule has 4 nitrogen and oxygen atoms in total. The number of carbonyl (C=O) groups excluding carboxylic acids is 1. The lowest BCUT2D eigenvalue weighted by Crippen LogP contribution is -2.52. The average molecular weight is 212 g/mol. The summed E-state index contributed by atoms with van der Waals surface area (Å²) in [4.78, 5) is 11.8. The first kappa shape index (κ1) is 10.9. The third-order valence-electron chi connectivity index (χ3n) is 3.51. The van der Waals surface area contributed by atoms with Crippen LogP contribution < -0.4 is 10.6 Å². The van der Waals surface area contributed by atoms with Gasteiger partial charge in [0.1, 0.15) is 0 Å². The summed E-state index contributed by atoms with van der Waals surface area (Å²) >= 11 is 0. The Morgan fingerprint density at radius 2 is 2.40 bits per heavy atom. The van der Waals surface area contributed by atoms with E-state index in [0.717, 1.165) is 32.2 Å². The van der Waals surface area contributed by atoms with Crippen LogP contribution in [0.15, 0.2) is 0 Å². The Labute approximate surface area is 90.4 Å². The standard InChI is InChI=1S/C11H20N2O2/c1-11(5-2-6-13-11)10(15)12-7-9(14)8-3-4-8/h8-9,13-14H,2-7H2,1H3,(H,12,15). The van der Waals surface area contributed by atoms with Gasteiger partial charge in [0.2, 0.25) is 5.91 Å². The van der Waals surface area contributed by atoms with Crippen molar-refractivity contribution in [1.29, 1.82) is 0 Å². The van der Waals surface area contributed by atoms with Crippen LogP contribution in [0.5, 0.6) is 0 Å². The van der Waals surface area contributed by atoms with Crippen molar-refractivity contribution in [2.75, 3.05) is 13.1 Å². The molecule has 86 valence electrons. The predicted molar refractivity (Wildman–Crippen MR) is 57.4 cm³/mol. The molecule has 0 bridgehead atoms. The molecule has 1 saturated carbocycles. The van der Waals surface area contributed by atoms with E-state index in [1.54, 1.807) is 0 Å². The Kier molecular flexibility index (Phi) is 2.98. The quantitative estimate of drug-likeness (QED) is 0.615. The van der Waals surface area contributed by atoms with Crippen LogP contribution in [-0.2, 0) is 4.79 Å². The van der Waals surface area contributed by atoms with Crippen molar-refractivity contribution < 1.29 is 9.90 Å². The van der Waals surface area contributed by atoms with Crippen LogP contribution in [0.4, 0.5) is 0 Å². The lowest BCUT2D eigenvalue weighted by atomic mass is 9.99. The van der Waals surface area contributed by atoms with Crippen LogP contribution in [0.1, 0.15) is 32.6 Å². The third kappa shape index (κ3) is 2.49. The van der Waals surface area contributed by atoms with E-state index >= 15 is 0 Å². The molecule has 2 rings (SSSR count). The maximum Gasteiger partial charge on any atom is 0.240 e. The van der Waals surface area contributed by atoms with E-state index in [4.69, 9.17) is 0 Å². The van der Waals surface area contributed by atoms with Crippen molar-refractivity contribution in [2.24, 2.45) is 5.92 Å². The average Bonchev–Trinajstić information content (AvgIpc) is 2.98. The minimum Gasteiger partial charge on any atom is -0.391 e. The molecule has 2 atom stereocenters. The third-order valence-corrected chi connectivity index (χ3v) is 3.51. The van der Waals surface area contributed by atoms with Crippen molar-refractivity contribution in [3.63, 3.8) is 0 Å². The zero-order chi connectivity index (χ0) is 10.9. The number of hydrogen-bond acceptors (Lipinski definition) is 3. The number of hydrogen-bond donors (Lipinski definition) is 3. The van der Waals surface area contributed by atoms with E-state index in [9.17, 15) is 9.90 Å². The maximum absolute atomic E-state index is 11.8. The Hall–Kier alpha value is -0.610. The summed E-state index contributed by atoms with van der Waals surface area (Å²) in [5.74, 6) is 0.453. The molecule has 0 spiro atoms. The van der Waals surface area contributed by atoms with Crippen LogP contribution in [0.3, 0.4) is 0 Å². The first-order chi connectivity index (χ1) is 7.12. The van der Waals surface area contributed by atoms with E-state index in [0.29, 0.717) is 12.5 Å². The normalized spacial score (nSPS) is 32.7. The second kappa shape index (κ2) is 4.10. The smallest absolute Gasteiger partial charge is 0.240 e. The summed E-state index contributed by atoms with van der Waals surface area (Å²) in [7, 11) is 0. The second-order valence-electron chi connectivity index (χ2n) is 4.98. The minimum absolute atomic E-state index is 0.0275. The van der Waals surface area contributed by atoms with Crippen LogP contribution in [0.2, 0.25) is 0 Å². The minimum atomic E-state index is -0.413. The Bertz CT molecular complexity index is 245. The van der Waals surface area contributed by atoms with Gasteiger partial charge in [-0.1, -0.05) is 0 Å². The first-order valence-electron chi connectivity index (χ1n) is 5.83. The highest BCUT2D eigenvalue weighted by atomic mass is 16.3. The highest BCUT2D eigenvalue weighted by Gasteiger charge is 2.37. The van der Waals surface area contributed by atoms with Crippen molar-refractivity contribution in [1.82, 2.24) is 10.6 Å². The Balaban J connectivity index is 1.75. The molecule has 1 saturated heterocycles. The first-order valence-corrected chi connectivity index (χ1v) is 5.83. The number of aliphatic hydroxyl groups excluding tert-OH is 1. The lowest BCUT2D eigenvalue weighted by Gasteiger charge is -2.23. The molecule has 0 aromatic rings. The van der Waals surface area contributed by atoms with Gasteiger partial charge in [-0.2, -0.15) is 0 Å². The molecule has 4 heteroatoms. The summed E-state index contributed by atoms with van der Waals surface area (Å²) in [5.41, 5.74) is -0.413. The van der Waals surface area contributed by atoms with Gasteiger partial charge < -0.3 is 15.7 Å². The van der Waals surface area contributed by atoms with Gasteiger partial charge in [0, 0.05) is 6.54 Å². The monoisotopic (exact) mass is 212 g/mol. The number of nitrogens with one attached hydrogen (secondary N) is 2. The van der Waals surface area contributed by atoms with Crippen molar-refractivity contribution in [3.05, 3.63) is 0 Å². The highest BCUT2D eigenvalue weighted by Crippen LogP contribution is 2.32. The highest BCUT2D eigenvalue weighted by molar-refractivity contribution is 5.86. The van der Waals surface area contributed by atoms with Gasteiger partial charge in [-0.3, -0.25) is 4.79 Å². The van der Waals surface area contributed by atoms with E-state index in [-0.39, 0.29) is 12.0 Å². The number of rotatable bonds is 4. The molecule has 2 unspecified atom stereocenters. The molecule has 0 radical (unpaired) electrons. The topological polar surface area (TPSA) is 61.4 Å². The molecule has 2 aliphatic rings. The van der Waals surface area contributed by atoms with E-state index in [2.05, 4.69) is 10.6 Å². The SMILES string of the molecule is CC1(C(=O)NCC(O)C2CC2)CCCN1. The fourth-order valence-electron chi connectivity index (χ4n) is 2.13. The molecular formula is C11H20N2O2. The van der Waals surface area contributed by atoms with Gasteiger partial charge in [-0.25, -0.2) is 0 Å². The predicted octanol–water partition coefficient (Wildman–Crippen LogP) is 0.0156. The molecule has 1 aliphatic heterocycles. The molecule has 15 heavy (non-hydrogen) atoms. The number of aliphatic hydroxyl groups is 1. The number of carbonyl (C=O) groups is 1. The van der Waals surface area contributed by atoms with Gasteiger partial charge in [0.25, 0.3) is 0 Å². The van der Waals surface area contributed by atoms with Crippen LogP contribution >= 0.6 is 0 Å². The van der Waals surface area contributed by atoms with Crippen molar-refractivity contribution >= 4 is 5.91 Å². The van der Waals surface area contributed by atoms with Gasteiger partial charge in [-0.05, 0) is 45.1 Å². The molecule has 1 aliphatic carbocycles. The maximum atomic E-state index is 11.8. The summed E-state index contributed by atoms with van der Waals surface area (Å²) in [6, 6.07) is 0. The van der Waals surface area contributed by atoms with Gasteiger partial charge >= 0.3 is 0 Å². The molecule has 1 amide bonds. The van der Waals surface area contributed by atoms with Gasteiger partial charge in [0.15, 0.2) is 0 Å². The molecule has 0 aromatic heterocycles. The summed E-state index contributed by atoms with van der Waals surface area (Å²) in [6.07, 6.45) is 3.80. The Morgan fingerprint density at radius 1 is 1.67 bits per heavy atom. The molecule has 3 N–H and O–H groups in total. The van der Waals surface area contributed by atoms with Gasteiger partial charge in [0.05, 0.1) is 11.6 Å². The zero-order valence-corrected chi connectivity index (χ0v) is 9.25. The fraction of sp³-hybridized carbons (Fsp3) is 0.909.